The number of ether oxygens (including phenoxy) is 1. The Labute approximate surface area is 133 Å². The van der Waals surface area contributed by atoms with Crippen LogP contribution in [-0.2, 0) is 14.0 Å². The predicted octanol–water partition coefficient (Wildman–Crippen LogP) is 2.07. The maximum atomic E-state index is 6.20. The molecule has 2 saturated heterocycles. The van der Waals surface area contributed by atoms with Crippen LogP contribution in [0.25, 0.3) is 0 Å². The monoisotopic (exact) mass is 303 g/mol. The molecular weight excluding hydrogens is 277 g/mol. The lowest BCUT2D eigenvalue weighted by Gasteiger charge is -2.47. The summed E-state index contributed by atoms with van der Waals surface area (Å²) >= 11 is 0. The van der Waals surface area contributed by atoms with Gasteiger partial charge in [0, 0.05) is 30.8 Å². The molecule has 0 saturated carbocycles. The molecule has 1 aromatic rings. The van der Waals surface area contributed by atoms with Crippen molar-refractivity contribution in [3.63, 3.8) is 0 Å². The highest BCUT2D eigenvalue weighted by Gasteiger charge is 2.46. The highest BCUT2D eigenvalue weighted by Crippen LogP contribution is 2.38. The lowest BCUT2D eigenvalue weighted by molar-refractivity contribution is -0.0937. The zero-order valence-electron chi connectivity index (χ0n) is 14.1. The highest BCUT2D eigenvalue weighted by molar-refractivity contribution is 6.61. The molecule has 0 radical (unpaired) electrons. The molecule has 0 atom stereocenters. The molecule has 2 aliphatic heterocycles. The molecule has 0 spiro atoms. The Kier molecular flexibility index (Phi) is 4.23. The Hall–Kier alpha value is -1.04. The quantitative estimate of drug-likeness (QED) is 0.783. The van der Waals surface area contributed by atoms with E-state index < -0.39 is 0 Å². The number of morpholine rings is 1. The molecule has 5 heteroatoms. The van der Waals surface area contributed by atoms with Crippen LogP contribution in [0.2, 0.25) is 0 Å². The minimum atomic E-state index is -0.276. The molecule has 3 rings (SSSR count). The smallest absolute Gasteiger partial charge is 0.407 e. The molecule has 22 heavy (non-hydrogen) atoms. The van der Waals surface area contributed by atoms with Crippen LogP contribution in [0.3, 0.4) is 0 Å². The van der Waals surface area contributed by atoms with E-state index in [2.05, 4.69) is 56.9 Å². The minimum absolute atomic E-state index is 0.0112. The first-order chi connectivity index (χ1) is 10.4. The first-order valence-corrected chi connectivity index (χ1v) is 8.11. The van der Waals surface area contributed by atoms with Crippen molar-refractivity contribution in [2.75, 3.05) is 37.8 Å². The van der Waals surface area contributed by atoms with Gasteiger partial charge in [0.05, 0.1) is 18.8 Å². The third-order valence-corrected chi connectivity index (χ3v) is 5.17. The minimum Gasteiger partial charge on any atom is -0.407 e. The number of hydrogen-bond donors (Lipinski definition) is 0. The predicted molar refractivity (Wildman–Crippen MR) is 89.8 cm³/mol. The molecule has 1 aromatic carbocycles. The van der Waals surface area contributed by atoms with E-state index in [4.69, 9.17) is 14.0 Å². The van der Waals surface area contributed by atoms with E-state index in [9.17, 15) is 0 Å². The lowest BCUT2D eigenvalue weighted by Crippen LogP contribution is -2.58. The van der Waals surface area contributed by atoms with Crippen LogP contribution in [0.4, 0.5) is 5.69 Å². The number of hydrogen-bond acceptors (Lipinski definition) is 4. The van der Waals surface area contributed by atoms with E-state index in [0.717, 1.165) is 31.8 Å². The molecule has 120 valence electrons. The van der Waals surface area contributed by atoms with Crippen LogP contribution in [0.1, 0.15) is 27.7 Å². The molecule has 2 heterocycles. The Morgan fingerprint density at radius 2 is 1.64 bits per heavy atom. The SMILES string of the molecule is CC1(C)COB(c2ccc(N3CCOCC3)cc2)OC1(C)C. The van der Waals surface area contributed by atoms with Gasteiger partial charge in [0.15, 0.2) is 0 Å². The van der Waals surface area contributed by atoms with Gasteiger partial charge in [0.2, 0.25) is 0 Å². The van der Waals surface area contributed by atoms with Crippen molar-refractivity contribution in [1.82, 2.24) is 0 Å². The van der Waals surface area contributed by atoms with E-state index in [0.29, 0.717) is 6.61 Å². The van der Waals surface area contributed by atoms with Gasteiger partial charge in [0.1, 0.15) is 0 Å². The van der Waals surface area contributed by atoms with E-state index in [1.165, 1.54) is 5.69 Å². The van der Waals surface area contributed by atoms with E-state index >= 15 is 0 Å². The second-order valence-electron chi connectivity index (χ2n) is 7.35. The number of nitrogens with zero attached hydrogens (tertiary/aromatic N) is 1. The Bertz CT molecular complexity index is 509. The van der Waals surface area contributed by atoms with E-state index in [1.54, 1.807) is 0 Å². The first kappa shape index (κ1) is 15.8. The summed E-state index contributed by atoms with van der Waals surface area (Å²) in [4.78, 5) is 2.35. The number of anilines is 1. The molecule has 0 unspecified atom stereocenters. The van der Waals surface area contributed by atoms with Crippen molar-refractivity contribution in [1.29, 1.82) is 0 Å². The molecule has 0 aromatic heterocycles. The largest absolute Gasteiger partial charge is 0.494 e. The van der Waals surface area contributed by atoms with Crippen LogP contribution in [-0.4, -0.2) is 45.6 Å². The van der Waals surface area contributed by atoms with Crippen molar-refractivity contribution < 1.29 is 14.0 Å². The average molecular weight is 303 g/mol. The average Bonchev–Trinajstić information content (AvgIpc) is 2.51. The van der Waals surface area contributed by atoms with Crippen molar-refractivity contribution in [2.45, 2.75) is 33.3 Å². The molecule has 0 N–H and O–H groups in total. The van der Waals surface area contributed by atoms with Crippen LogP contribution in [0.5, 0.6) is 0 Å². The molecule has 4 nitrogen and oxygen atoms in total. The number of benzene rings is 1. The number of rotatable bonds is 2. The summed E-state index contributed by atoms with van der Waals surface area (Å²) in [7, 11) is -0.276. The standard InChI is InChI=1S/C17H26BNO3/c1-16(2)13-21-18(22-17(16,3)4)14-5-7-15(8-6-14)19-9-11-20-12-10-19/h5-8H,9-13H2,1-4H3. The third-order valence-electron chi connectivity index (χ3n) is 5.17. The Balaban J connectivity index is 1.71. The van der Waals surface area contributed by atoms with Crippen molar-refractivity contribution >= 4 is 18.3 Å². The van der Waals surface area contributed by atoms with Crippen LogP contribution < -0.4 is 10.4 Å². The third kappa shape index (κ3) is 3.03. The van der Waals surface area contributed by atoms with Crippen molar-refractivity contribution in [2.24, 2.45) is 5.41 Å². The van der Waals surface area contributed by atoms with Gasteiger partial charge >= 0.3 is 7.12 Å². The Morgan fingerprint density at radius 3 is 2.23 bits per heavy atom. The summed E-state index contributed by atoms with van der Waals surface area (Å²) in [6.07, 6.45) is 0. The van der Waals surface area contributed by atoms with Crippen LogP contribution in [0, 0.1) is 5.41 Å². The summed E-state index contributed by atoms with van der Waals surface area (Å²) in [5.74, 6) is 0. The second kappa shape index (κ2) is 5.87. The summed E-state index contributed by atoms with van der Waals surface area (Å²) in [6.45, 7) is 12.9. The van der Waals surface area contributed by atoms with Gasteiger partial charge in [0.25, 0.3) is 0 Å². The molecule has 0 aliphatic carbocycles. The molecule has 0 bridgehead atoms. The topological polar surface area (TPSA) is 30.9 Å². The summed E-state index contributed by atoms with van der Waals surface area (Å²) in [5.41, 5.74) is 2.12. The fraction of sp³-hybridized carbons (Fsp3) is 0.647. The van der Waals surface area contributed by atoms with Crippen molar-refractivity contribution in [3.05, 3.63) is 24.3 Å². The van der Waals surface area contributed by atoms with E-state index in [1.807, 2.05) is 0 Å². The zero-order valence-corrected chi connectivity index (χ0v) is 14.1. The second-order valence-corrected chi connectivity index (χ2v) is 7.35. The van der Waals surface area contributed by atoms with Crippen LogP contribution in [0.15, 0.2) is 24.3 Å². The summed E-state index contributed by atoms with van der Waals surface area (Å²) in [5, 5.41) is 0. The normalized spacial score (nSPS) is 24.4. The lowest BCUT2D eigenvalue weighted by atomic mass is 9.69. The summed E-state index contributed by atoms with van der Waals surface area (Å²) in [6, 6.07) is 8.54. The van der Waals surface area contributed by atoms with Gasteiger partial charge in [-0.3, -0.25) is 0 Å². The van der Waals surface area contributed by atoms with Crippen LogP contribution >= 0.6 is 0 Å². The van der Waals surface area contributed by atoms with E-state index in [-0.39, 0.29) is 18.1 Å². The van der Waals surface area contributed by atoms with Crippen molar-refractivity contribution in [3.8, 4) is 0 Å². The van der Waals surface area contributed by atoms with Gasteiger partial charge < -0.3 is 18.9 Å². The van der Waals surface area contributed by atoms with Gasteiger partial charge in [-0.1, -0.05) is 26.0 Å². The molecular formula is C17H26BNO3. The van der Waals surface area contributed by atoms with Gasteiger partial charge in [-0.15, -0.1) is 0 Å². The molecule has 0 amide bonds. The van der Waals surface area contributed by atoms with Gasteiger partial charge in [-0.25, -0.2) is 0 Å². The zero-order chi connectivity index (χ0) is 15.8. The first-order valence-electron chi connectivity index (χ1n) is 8.11. The fourth-order valence-electron chi connectivity index (χ4n) is 2.75. The molecule has 2 aliphatic rings. The fourth-order valence-corrected chi connectivity index (χ4v) is 2.75. The Morgan fingerprint density at radius 1 is 1.00 bits per heavy atom. The summed E-state index contributed by atoms with van der Waals surface area (Å²) < 4.78 is 17.5. The molecule has 2 fully saturated rings. The maximum absolute atomic E-state index is 6.20. The van der Waals surface area contributed by atoms with Gasteiger partial charge in [-0.2, -0.15) is 0 Å². The maximum Gasteiger partial charge on any atom is 0.494 e. The highest BCUT2D eigenvalue weighted by atomic mass is 16.6. The van der Waals surface area contributed by atoms with Gasteiger partial charge in [-0.05, 0) is 31.4 Å².